The Morgan fingerprint density at radius 2 is 1.74 bits per heavy atom. The average Bonchev–Trinajstić information content (AvgIpc) is 3.36. The molecule has 0 saturated heterocycles. The monoisotopic (exact) mass is 486 g/mol. The molecule has 5 nitrogen and oxygen atoms in total. The summed E-state index contributed by atoms with van der Waals surface area (Å²) in [7, 11) is 1.34. The van der Waals surface area contributed by atoms with Gasteiger partial charge in [-0.2, -0.15) is 0 Å². The van der Waals surface area contributed by atoms with Crippen molar-refractivity contribution < 1.29 is 14.3 Å². The Kier molecular flexibility index (Phi) is 5.77. The number of fused-ring (bicyclic) bond motifs is 1. The zero-order chi connectivity index (χ0) is 23.8. The molecular formula is C27H19ClN2O3S. The van der Waals surface area contributed by atoms with Crippen molar-refractivity contribution in [2.24, 2.45) is 4.99 Å². The first-order valence-corrected chi connectivity index (χ1v) is 11.7. The molecule has 1 amide bonds. The van der Waals surface area contributed by atoms with E-state index in [0.29, 0.717) is 22.1 Å². The van der Waals surface area contributed by atoms with Gasteiger partial charge in [0.15, 0.2) is 5.84 Å². The van der Waals surface area contributed by atoms with Gasteiger partial charge in [0.2, 0.25) is 0 Å². The minimum Gasteiger partial charge on any atom is -0.465 e. The van der Waals surface area contributed by atoms with E-state index < -0.39 is 5.97 Å². The lowest BCUT2D eigenvalue weighted by Gasteiger charge is -2.18. The van der Waals surface area contributed by atoms with Gasteiger partial charge in [0.1, 0.15) is 5.70 Å². The molecule has 1 aromatic heterocycles. The number of esters is 1. The van der Waals surface area contributed by atoms with Crippen molar-refractivity contribution in [2.45, 2.75) is 6.92 Å². The summed E-state index contributed by atoms with van der Waals surface area (Å²) in [6.07, 6.45) is 1.71. The number of benzene rings is 3. The van der Waals surface area contributed by atoms with Crippen LogP contribution in [0.15, 0.2) is 83.5 Å². The fourth-order valence-electron chi connectivity index (χ4n) is 3.75. The Labute approximate surface area is 205 Å². The number of thiophene rings is 1. The van der Waals surface area contributed by atoms with Crippen molar-refractivity contribution in [3.05, 3.63) is 105 Å². The predicted octanol–water partition coefficient (Wildman–Crippen LogP) is 6.48. The second-order valence-corrected chi connectivity index (χ2v) is 9.23. The number of hydrogen-bond donors (Lipinski definition) is 0. The Morgan fingerprint density at radius 3 is 2.41 bits per heavy atom. The molecule has 0 unspecified atom stereocenters. The van der Waals surface area contributed by atoms with E-state index in [0.717, 1.165) is 26.1 Å². The van der Waals surface area contributed by atoms with Gasteiger partial charge in [-0.3, -0.25) is 9.69 Å². The second kappa shape index (κ2) is 8.89. The first-order valence-electron chi connectivity index (χ1n) is 10.5. The molecule has 34 heavy (non-hydrogen) atoms. The van der Waals surface area contributed by atoms with E-state index in [1.165, 1.54) is 18.4 Å². The van der Waals surface area contributed by atoms with E-state index >= 15 is 0 Å². The van der Waals surface area contributed by atoms with Crippen LogP contribution in [0, 0.1) is 6.92 Å². The minimum absolute atomic E-state index is 0.246. The molecule has 0 atom stereocenters. The van der Waals surface area contributed by atoms with Crippen LogP contribution in [0.3, 0.4) is 0 Å². The standard InChI is InChI=1S/C27H19ClN2O3S/c1-16-7-13-19(14-8-16)30-25(24-23(28)20-5-3-4-6-22(20)34-24)29-21(26(30)31)15-17-9-11-18(12-10-17)27(32)33-2/h3-15H,1-2H3/b21-15+. The molecule has 0 aliphatic carbocycles. The van der Waals surface area contributed by atoms with Crippen molar-refractivity contribution in [1.82, 2.24) is 0 Å². The number of hydrogen-bond acceptors (Lipinski definition) is 5. The number of amides is 1. The summed E-state index contributed by atoms with van der Waals surface area (Å²) >= 11 is 8.27. The molecule has 0 spiro atoms. The first kappa shape index (κ1) is 22.1. The highest BCUT2D eigenvalue weighted by Crippen LogP contribution is 2.39. The Morgan fingerprint density at radius 1 is 1.03 bits per heavy atom. The number of methoxy groups -OCH3 is 1. The molecular weight excluding hydrogens is 468 g/mol. The fourth-order valence-corrected chi connectivity index (χ4v) is 5.25. The van der Waals surface area contributed by atoms with E-state index in [1.807, 2.05) is 55.5 Å². The lowest BCUT2D eigenvalue weighted by molar-refractivity contribution is -0.113. The van der Waals surface area contributed by atoms with Gasteiger partial charge in [0.05, 0.1) is 28.3 Å². The van der Waals surface area contributed by atoms with Crippen LogP contribution in [0.25, 0.3) is 16.2 Å². The smallest absolute Gasteiger partial charge is 0.337 e. The third-order valence-corrected chi connectivity index (χ3v) is 7.20. The zero-order valence-corrected chi connectivity index (χ0v) is 20.0. The van der Waals surface area contributed by atoms with Gasteiger partial charge >= 0.3 is 5.97 Å². The highest BCUT2D eigenvalue weighted by Gasteiger charge is 2.34. The maximum absolute atomic E-state index is 13.6. The highest BCUT2D eigenvalue weighted by molar-refractivity contribution is 7.21. The molecule has 0 bridgehead atoms. The number of ether oxygens (including phenoxy) is 1. The molecule has 7 heteroatoms. The summed E-state index contributed by atoms with van der Waals surface area (Å²) < 4.78 is 5.77. The SMILES string of the molecule is COC(=O)c1ccc(/C=C2/N=C(c3sc4ccccc4c3Cl)N(c3ccc(C)cc3)C2=O)cc1. The summed E-state index contributed by atoms with van der Waals surface area (Å²) in [5, 5.41) is 1.51. The summed E-state index contributed by atoms with van der Waals surface area (Å²) in [5.41, 5.74) is 3.27. The number of nitrogens with zero attached hydrogens (tertiary/aromatic N) is 2. The van der Waals surface area contributed by atoms with Crippen molar-refractivity contribution >= 4 is 62.5 Å². The molecule has 0 N–H and O–H groups in total. The molecule has 168 valence electrons. The van der Waals surface area contributed by atoms with Crippen LogP contribution < -0.4 is 4.90 Å². The largest absolute Gasteiger partial charge is 0.465 e. The predicted molar refractivity (Wildman–Crippen MR) is 138 cm³/mol. The van der Waals surface area contributed by atoms with Crippen molar-refractivity contribution in [3.8, 4) is 0 Å². The van der Waals surface area contributed by atoms with E-state index in [-0.39, 0.29) is 11.6 Å². The van der Waals surface area contributed by atoms with E-state index in [1.54, 1.807) is 35.2 Å². The average molecular weight is 487 g/mol. The van der Waals surface area contributed by atoms with Crippen LogP contribution in [0.2, 0.25) is 5.02 Å². The molecule has 0 radical (unpaired) electrons. The van der Waals surface area contributed by atoms with Crippen LogP contribution in [-0.2, 0) is 9.53 Å². The molecule has 2 heterocycles. The number of aryl methyl sites for hydroxylation is 1. The molecule has 0 saturated carbocycles. The topological polar surface area (TPSA) is 59.0 Å². The van der Waals surface area contributed by atoms with Gasteiger partial charge in [0.25, 0.3) is 5.91 Å². The number of carbonyl (C=O) groups is 2. The Hall–Kier alpha value is -3.74. The van der Waals surface area contributed by atoms with Gasteiger partial charge in [-0.15, -0.1) is 11.3 Å². The number of aliphatic imine (C=N–C) groups is 1. The summed E-state index contributed by atoms with van der Waals surface area (Å²) in [6.45, 7) is 2.00. The van der Waals surface area contributed by atoms with E-state index in [2.05, 4.69) is 0 Å². The van der Waals surface area contributed by atoms with Gasteiger partial charge in [-0.1, -0.05) is 59.6 Å². The lowest BCUT2D eigenvalue weighted by Crippen LogP contribution is -2.32. The normalized spacial score (nSPS) is 14.7. The van der Waals surface area contributed by atoms with E-state index in [4.69, 9.17) is 21.3 Å². The van der Waals surface area contributed by atoms with Gasteiger partial charge < -0.3 is 4.74 Å². The fraction of sp³-hybridized carbons (Fsp3) is 0.0741. The summed E-state index contributed by atoms with van der Waals surface area (Å²) in [4.78, 5) is 32.3. The molecule has 1 aliphatic heterocycles. The molecule has 4 aromatic rings. The third kappa shape index (κ3) is 3.91. The third-order valence-electron chi connectivity index (χ3n) is 5.53. The van der Waals surface area contributed by atoms with Gasteiger partial charge in [-0.25, -0.2) is 9.79 Å². The molecule has 3 aromatic carbocycles. The van der Waals surface area contributed by atoms with Crippen LogP contribution in [0.1, 0.15) is 26.4 Å². The summed E-state index contributed by atoms with van der Waals surface area (Å²) in [5.74, 6) is -0.164. The summed E-state index contributed by atoms with van der Waals surface area (Å²) in [6, 6.07) is 22.4. The quantitative estimate of drug-likeness (QED) is 0.245. The number of halogens is 1. The number of carbonyl (C=O) groups excluding carboxylic acids is 2. The number of anilines is 1. The maximum Gasteiger partial charge on any atom is 0.337 e. The number of rotatable bonds is 4. The van der Waals surface area contributed by atoms with Crippen LogP contribution in [-0.4, -0.2) is 24.8 Å². The highest BCUT2D eigenvalue weighted by atomic mass is 35.5. The second-order valence-electron chi connectivity index (χ2n) is 7.80. The Balaban J connectivity index is 1.62. The molecule has 0 fully saturated rings. The zero-order valence-electron chi connectivity index (χ0n) is 18.4. The maximum atomic E-state index is 13.6. The van der Waals surface area contributed by atoms with Crippen molar-refractivity contribution in [3.63, 3.8) is 0 Å². The van der Waals surface area contributed by atoms with Crippen LogP contribution in [0.4, 0.5) is 5.69 Å². The number of amidine groups is 1. The van der Waals surface area contributed by atoms with E-state index in [9.17, 15) is 9.59 Å². The van der Waals surface area contributed by atoms with Crippen LogP contribution >= 0.6 is 22.9 Å². The minimum atomic E-state index is -0.415. The van der Waals surface area contributed by atoms with Crippen molar-refractivity contribution in [2.75, 3.05) is 12.0 Å². The van der Waals surface area contributed by atoms with Gasteiger partial charge in [0, 0.05) is 10.1 Å². The molecule has 1 aliphatic rings. The van der Waals surface area contributed by atoms with Crippen molar-refractivity contribution in [1.29, 1.82) is 0 Å². The Bertz CT molecular complexity index is 1480. The first-order chi connectivity index (χ1) is 16.5. The molecule has 5 rings (SSSR count). The van der Waals surface area contributed by atoms with Gasteiger partial charge in [-0.05, 0) is 48.9 Å². The van der Waals surface area contributed by atoms with Crippen LogP contribution in [0.5, 0.6) is 0 Å². The lowest BCUT2D eigenvalue weighted by atomic mass is 10.1.